The molecular weight excluding hydrogens is 360 g/mol. The number of esters is 1. The lowest BCUT2D eigenvalue weighted by Gasteiger charge is -2.26. The summed E-state index contributed by atoms with van der Waals surface area (Å²) in [7, 11) is 0. The predicted molar refractivity (Wildman–Crippen MR) is 104 cm³/mol. The second-order valence-electron chi connectivity index (χ2n) is 6.28. The van der Waals surface area contributed by atoms with Crippen LogP contribution in [0.5, 0.6) is 11.5 Å². The first-order chi connectivity index (χ1) is 13.2. The number of hydrogen-bond donors (Lipinski definition) is 0. The molecule has 0 fully saturated rings. The van der Waals surface area contributed by atoms with Gasteiger partial charge in [0.1, 0.15) is 17.4 Å². The van der Waals surface area contributed by atoms with Crippen molar-refractivity contribution in [2.24, 2.45) is 0 Å². The topological polar surface area (TPSA) is 52.6 Å². The molecule has 0 amide bonds. The molecule has 1 aliphatic rings. The number of para-hydroxylation sites is 2. The summed E-state index contributed by atoms with van der Waals surface area (Å²) in [5, 5.41) is 1.88. The van der Waals surface area contributed by atoms with Gasteiger partial charge in [-0.1, -0.05) is 42.5 Å². The van der Waals surface area contributed by atoms with Crippen molar-refractivity contribution in [2.75, 3.05) is 6.61 Å². The summed E-state index contributed by atoms with van der Waals surface area (Å²) >= 11 is 1.43. The van der Waals surface area contributed by atoms with Crippen LogP contribution in [0.2, 0.25) is 0 Å². The second kappa shape index (κ2) is 7.76. The summed E-state index contributed by atoms with van der Waals surface area (Å²) in [6.07, 6.45) is 0.879. The van der Waals surface area contributed by atoms with Crippen LogP contribution in [0.25, 0.3) is 0 Å². The zero-order chi connectivity index (χ0) is 18.6. The average Bonchev–Trinajstić information content (AvgIpc) is 3.24. The van der Waals surface area contributed by atoms with Crippen molar-refractivity contribution in [1.82, 2.24) is 0 Å². The highest BCUT2D eigenvalue weighted by Crippen LogP contribution is 2.44. The van der Waals surface area contributed by atoms with Gasteiger partial charge in [0.05, 0.1) is 11.5 Å². The molecule has 27 heavy (non-hydrogen) atoms. The van der Waals surface area contributed by atoms with Crippen LogP contribution in [0.15, 0.2) is 66.0 Å². The van der Waals surface area contributed by atoms with Crippen LogP contribution in [-0.2, 0) is 9.53 Å². The third kappa shape index (κ3) is 3.64. The Bertz CT molecular complexity index is 916. The number of benzene rings is 2. The SMILES string of the molecule is O=C(CCCOC(=O)C1c2ccccc2Oc2ccccc21)c1cccs1. The van der Waals surface area contributed by atoms with Crippen LogP contribution >= 0.6 is 11.3 Å². The Hall–Kier alpha value is -2.92. The number of carbonyl (C=O) groups excluding carboxylic acids is 2. The van der Waals surface area contributed by atoms with Gasteiger partial charge in [0.2, 0.25) is 0 Å². The van der Waals surface area contributed by atoms with E-state index in [-0.39, 0.29) is 18.4 Å². The summed E-state index contributed by atoms with van der Waals surface area (Å²) in [5.74, 6) is 0.598. The van der Waals surface area contributed by atoms with E-state index in [1.54, 1.807) is 0 Å². The van der Waals surface area contributed by atoms with Gasteiger partial charge in [-0.2, -0.15) is 0 Å². The molecule has 0 radical (unpaired) electrons. The second-order valence-corrected chi connectivity index (χ2v) is 7.23. The van der Waals surface area contributed by atoms with Crippen LogP contribution in [0.4, 0.5) is 0 Å². The maximum atomic E-state index is 12.8. The van der Waals surface area contributed by atoms with Crippen molar-refractivity contribution in [3.05, 3.63) is 82.0 Å². The molecule has 0 N–H and O–H groups in total. The molecule has 5 heteroatoms. The number of ether oxygens (including phenoxy) is 2. The van der Waals surface area contributed by atoms with Gasteiger partial charge in [-0.05, 0) is 30.0 Å². The Morgan fingerprint density at radius 3 is 2.22 bits per heavy atom. The first-order valence-electron chi connectivity index (χ1n) is 8.83. The van der Waals surface area contributed by atoms with E-state index >= 15 is 0 Å². The number of carbonyl (C=O) groups is 2. The standard InChI is InChI=1S/C22H18O4S/c23-17(20-12-6-14-27-20)9-5-13-25-22(24)21-15-7-1-3-10-18(15)26-19-11-4-2-8-16(19)21/h1-4,6-8,10-12,14,21H,5,9,13H2. The molecule has 2 aromatic carbocycles. The molecule has 0 unspecified atom stereocenters. The Morgan fingerprint density at radius 2 is 1.59 bits per heavy atom. The Labute approximate surface area is 161 Å². The summed E-state index contributed by atoms with van der Waals surface area (Å²) in [6, 6.07) is 18.7. The van der Waals surface area contributed by atoms with Gasteiger partial charge >= 0.3 is 5.97 Å². The molecule has 0 saturated carbocycles. The first kappa shape index (κ1) is 17.5. The molecular formula is C22H18O4S. The fourth-order valence-corrected chi connectivity index (χ4v) is 3.91. The van der Waals surface area contributed by atoms with Gasteiger partial charge in [0, 0.05) is 17.5 Å². The van der Waals surface area contributed by atoms with Crippen molar-refractivity contribution in [2.45, 2.75) is 18.8 Å². The van der Waals surface area contributed by atoms with Crippen molar-refractivity contribution in [3.63, 3.8) is 0 Å². The molecule has 0 aliphatic carbocycles. The van der Waals surface area contributed by atoms with Gasteiger partial charge < -0.3 is 9.47 Å². The number of fused-ring (bicyclic) bond motifs is 2. The minimum atomic E-state index is -0.515. The fraction of sp³-hybridized carbons (Fsp3) is 0.182. The molecule has 3 aromatic rings. The van der Waals surface area contributed by atoms with E-state index in [0.717, 1.165) is 16.0 Å². The predicted octanol–water partition coefficient (Wildman–Crippen LogP) is 5.19. The molecule has 1 aliphatic heterocycles. The molecule has 4 nitrogen and oxygen atoms in total. The lowest BCUT2D eigenvalue weighted by atomic mass is 9.88. The molecule has 136 valence electrons. The lowest BCUT2D eigenvalue weighted by molar-refractivity contribution is -0.144. The zero-order valence-electron chi connectivity index (χ0n) is 14.6. The van der Waals surface area contributed by atoms with E-state index in [2.05, 4.69) is 0 Å². The molecule has 0 spiro atoms. The van der Waals surface area contributed by atoms with Crippen molar-refractivity contribution < 1.29 is 19.1 Å². The van der Waals surface area contributed by atoms with E-state index in [1.807, 2.05) is 66.0 Å². The van der Waals surface area contributed by atoms with E-state index < -0.39 is 5.92 Å². The molecule has 1 aromatic heterocycles. The quantitative estimate of drug-likeness (QED) is 0.336. The van der Waals surface area contributed by atoms with E-state index in [4.69, 9.17) is 9.47 Å². The fourth-order valence-electron chi connectivity index (χ4n) is 3.21. The summed E-state index contributed by atoms with van der Waals surface area (Å²) in [6.45, 7) is 0.220. The van der Waals surface area contributed by atoms with Gasteiger partial charge in [-0.25, -0.2) is 0 Å². The van der Waals surface area contributed by atoms with Gasteiger partial charge in [0.25, 0.3) is 0 Å². The number of hydrogen-bond acceptors (Lipinski definition) is 5. The van der Waals surface area contributed by atoms with Crippen molar-refractivity contribution >= 4 is 23.1 Å². The first-order valence-corrected chi connectivity index (χ1v) is 9.71. The van der Waals surface area contributed by atoms with Crippen LogP contribution in [0.1, 0.15) is 39.6 Å². The Kier molecular flexibility index (Phi) is 5.03. The highest BCUT2D eigenvalue weighted by Gasteiger charge is 2.33. The molecule has 4 rings (SSSR count). The summed E-state index contributed by atoms with van der Waals surface area (Å²) < 4.78 is 11.4. The Morgan fingerprint density at radius 1 is 0.926 bits per heavy atom. The monoisotopic (exact) mass is 378 g/mol. The van der Waals surface area contributed by atoms with Gasteiger partial charge in [0.15, 0.2) is 5.78 Å². The van der Waals surface area contributed by atoms with E-state index in [0.29, 0.717) is 24.3 Å². The third-order valence-electron chi connectivity index (χ3n) is 4.50. The van der Waals surface area contributed by atoms with Gasteiger partial charge in [-0.15, -0.1) is 11.3 Å². The molecule has 0 atom stereocenters. The smallest absolute Gasteiger partial charge is 0.318 e. The molecule has 0 bridgehead atoms. The number of thiophene rings is 1. The maximum absolute atomic E-state index is 12.8. The molecule has 2 heterocycles. The maximum Gasteiger partial charge on any atom is 0.318 e. The number of rotatable bonds is 6. The summed E-state index contributed by atoms with van der Waals surface area (Å²) in [5.41, 5.74) is 1.60. The zero-order valence-corrected chi connectivity index (χ0v) is 15.4. The van der Waals surface area contributed by atoms with Crippen molar-refractivity contribution in [1.29, 1.82) is 0 Å². The highest BCUT2D eigenvalue weighted by molar-refractivity contribution is 7.12. The summed E-state index contributed by atoms with van der Waals surface area (Å²) in [4.78, 5) is 25.6. The Balaban J connectivity index is 1.43. The van der Waals surface area contributed by atoms with Crippen LogP contribution < -0.4 is 4.74 Å². The van der Waals surface area contributed by atoms with Gasteiger partial charge in [-0.3, -0.25) is 9.59 Å². The van der Waals surface area contributed by atoms with Crippen LogP contribution in [0.3, 0.4) is 0 Å². The third-order valence-corrected chi connectivity index (χ3v) is 5.42. The largest absolute Gasteiger partial charge is 0.465 e. The van der Waals surface area contributed by atoms with Crippen LogP contribution in [-0.4, -0.2) is 18.4 Å². The minimum Gasteiger partial charge on any atom is -0.465 e. The molecule has 0 saturated heterocycles. The highest BCUT2D eigenvalue weighted by atomic mass is 32.1. The normalized spacial score (nSPS) is 12.6. The number of Topliss-reactive ketones (excluding diaryl/α,β-unsaturated/α-hetero) is 1. The number of ketones is 1. The minimum absolute atomic E-state index is 0.0859. The van der Waals surface area contributed by atoms with Crippen LogP contribution in [0, 0.1) is 0 Å². The van der Waals surface area contributed by atoms with E-state index in [9.17, 15) is 9.59 Å². The lowest BCUT2D eigenvalue weighted by Crippen LogP contribution is -2.21. The average molecular weight is 378 g/mol. The van der Waals surface area contributed by atoms with Crippen molar-refractivity contribution in [3.8, 4) is 11.5 Å². The van der Waals surface area contributed by atoms with E-state index in [1.165, 1.54) is 11.3 Å².